The molecule has 1 aromatic carbocycles. The Hall–Kier alpha value is -1.86. The summed E-state index contributed by atoms with van der Waals surface area (Å²) >= 11 is 1.64. The summed E-state index contributed by atoms with van der Waals surface area (Å²) in [5, 5.41) is 9.88. The Labute approximate surface area is 130 Å². The van der Waals surface area contributed by atoms with Crippen LogP contribution in [0.5, 0.6) is 5.75 Å². The third-order valence-corrected chi connectivity index (χ3v) is 4.62. The molecule has 0 saturated heterocycles. The Morgan fingerprint density at radius 2 is 2.10 bits per heavy atom. The quantitative estimate of drug-likeness (QED) is 0.809. The van der Waals surface area contributed by atoms with Crippen molar-refractivity contribution in [2.45, 2.75) is 40.0 Å². The number of aromatic nitrogens is 1. The molecule has 21 heavy (non-hydrogen) atoms. The van der Waals surface area contributed by atoms with E-state index in [1.165, 1.54) is 11.1 Å². The van der Waals surface area contributed by atoms with Crippen LogP contribution in [0.3, 0.4) is 0 Å². The summed E-state index contributed by atoms with van der Waals surface area (Å²) in [5.41, 5.74) is 3.57. The molecule has 0 unspecified atom stereocenters. The van der Waals surface area contributed by atoms with Gasteiger partial charge in [0.25, 0.3) is 0 Å². The molecule has 0 N–H and O–H groups in total. The first-order chi connectivity index (χ1) is 10.1. The number of thiazole rings is 1. The van der Waals surface area contributed by atoms with Gasteiger partial charge >= 0.3 is 0 Å². The van der Waals surface area contributed by atoms with Crippen LogP contribution in [0.2, 0.25) is 0 Å². The second-order valence-electron chi connectivity index (χ2n) is 5.01. The summed E-state index contributed by atoms with van der Waals surface area (Å²) in [5.74, 6) is 0.905. The van der Waals surface area contributed by atoms with E-state index in [1.807, 2.05) is 6.07 Å². The predicted molar refractivity (Wildman–Crippen MR) is 85.9 cm³/mol. The molecule has 4 heteroatoms. The average molecular weight is 300 g/mol. The third-order valence-electron chi connectivity index (χ3n) is 3.46. The number of nitrogens with zero attached hydrogens (tertiary/aromatic N) is 2. The minimum atomic E-state index is 0.457. The number of hydrogen-bond acceptors (Lipinski definition) is 4. The van der Waals surface area contributed by atoms with Gasteiger partial charge in [-0.25, -0.2) is 4.98 Å². The van der Waals surface area contributed by atoms with Gasteiger partial charge in [0.15, 0.2) is 0 Å². The molecule has 0 aliphatic carbocycles. The summed E-state index contributed by atoms with van der Waals surface area (Å²) < 4.78 is 5.79. The van der Waals surface area contributed by atoms with E-state index in [1.54, 1.807) is 11.3 Å². The number of aryl methyl sites for hydroxylation is 3. The second kappa shape index (κ2) is 7.24. The maximum absolute atomic E-state index is 8.83. The lowest BCUT2D eigenvalue weighted by atomic mass is 10.1. The zero-order valence-corrected chi connectivity index (χ0v) is 13.6. The van der Waals surface area contributed by atoms with Crippen LogP contribution in [0.1, 0.15) is 33.6 Å². The number of hydrogen-bond donors (Lipinski definition) is 0. The summed E-state index contributed by atoms with van der Waals surface area (Å²) in [7, 11) is 0. The van der Waals surface area contributed by atoms with Crippen LogP contribution in [-0.2, 0) is 19.3 Å². The van der Waals surface area contributed by atoms with E-state index < -0.39 is 0 Å². The molecule has 0 spiro atoms. The highest BCUT2D eigenvalue weighted by molar-refractivity contribution is 7.11. The van der Waals surface area contributed by atoms with Crippen molar-refractivity contribution in [2.75, 3.05) is 6.61 Å². The Morgan fingerprint density at radius 3 is 2.76 bits per heavy atom. The Bertz CT molecular complexity index is 655. The largest absolute Gasteiger partial charge is 0.493 e. The smallest absolute Gasteiger partial charge is 0.119 e. The fourth-order valence-corrected chi connectivity index (χ4v) is 3.16. The maximum atomic E-state index is 8.83. The van der Waals surface area contributed by atoms with Crippen LogP contribution >= 0.6 is 11.3 Å². The molecular weight excluding hydrogens is 280 g/mol. The molecule has 1 aromatic heterocycles. The maximum Gasteiger partial charge on any atom is 0.119 e. The van der Waals surface area contributed by atoms with Gasteiger partial charge in [0.1, 0.15) is 5.75 Å². The lowest BCUT2D eigenvalue weighted by Gasteiger charge is -2.07. The zero-order chi connectivity index (χ0) is 15.2. The van der Waals surface area contributed by atoms with Gasteiger partial charge in [0, 0.05) is 11.3 Å². The van der Waals surface area contributed by atoms with Crippen LogP contribution in [-0.4, -0.2) is 11.6 Å². The van der Waals surface area contributed by atoms with E-state index in [4.69, 9.17) is 10.00 Å². The molecule has 0 saturated carbocycles. The van der Waals surface area contributed by atoms with E-state index in [0.717, 1.165) is 34.2 Å². The summed E-state index contributed by atoms with van der Waals surface area (Å²) in [4.78, 5) is 5.70. The molecule has 110 valence electrons. The van der Waals surface area contributed by atoms with Crippen molar-refractivity contribution in [1.29, 1.82) is 5.26 Å². The molecule has 2 rings (SSSR count). The number of ether oxygens (including phenoxy) is 1. The van der Waals surface area contributed by atoms with E-state index in [0.29, 0.717) is 13.0 Å². The van der Waals surface area contributed by atoms with Gasteiger partial charge in [-0.1, -0.05) is 13.0 Å². The summed E-state index contributed by atoms with van der Waals surface area (Å²) in [6.07, 6.45) is 2.13. The van der Waals surface area contributed by atoms with Crippen LogP contribution in [0.4, 0.5) is 0 Å². The average Bonchev–Trinajstić information content (AvgIpc) is 2.85. The monoisotopic (exact) mass is 300 g/mol. The molecule has 0 amide bonds. The first-order valence-corrected chi connectivity index (χ1v) is 8.00. The fourth-order valence-electron chi connectivity index (χ4n) is 2.09. The van der Waals surface area contributed by atoms with Gasteiger partial charge in [0.2, 0.25) is 0 Å². The van der Waals surface area contributed by atoms with Crippen molar-refractivity contribution >= 4 is 11.3 Å². The van der Waals surface area contributed by atoms with Crippen molar-refractivity contribution in [1.82, 2.24) is 4.98 Å². The number of benzene rings is 1. The first-order valence-electron chi connectivity index (χ1n) is 7.18. The van der Waals surface area contributed by atoms with Crippen molar-refractivity contribution in [3.8, 4) is 11.8 Å². The fraction of sp³-hybridized carbons (Fsp3) is 0.412. The standard InChI is InChI=1S/C17H20N2OS/c1-4-15-16(7-9-18)21-17(19-15)8-10-20-14-6-5-12(2)13(3)11-14/h5-6,11H,4,7-8,10H2,1-3H3. The molecule has 0 fully saturated rings. The van der Waals surface area contributed by atoms with Gasteiger partial charge in [-0.3, -0.25) is 0 Å². The highest BCUT2D eigenvalue weighted by Crippen LogP contribution is 2.21. The molecule has 3 nitrogen and oxygen atoms in total. The molecule has 1 heterocycles. The highest BCUT2D eigenvalue weighted by Gasteiger charge is 2.09. The minimum Gasteiger partial charge on any atom is -0.493 e. The Balaban J connectivity index is 1.94. The topological polar surface area (TPSA) is 45.9 Å². The molecule has 0 bridgehead atoms. The van der Waals surface area contributed by atoms with Gasteiger partial charge < -0.3 is 4.74 Å². The molecule has 0 atom stereocenters. The summed E-state index contributed by atoms with van der Waals surface area (Å²) in [6.45, 7) is 6.87. The first kappa shape index (κ1) is 15.5. The van der Waals surface area contributed by atoms with E-state index in [2.05, 4.69) is 44.0 Å². The lowest BCUT2D eigenvalue weighted by molar-refractivity contribution is 0.321. The SMILES string of the molecule is CCc1nc(CCOc2ccc(C)c(C)c2)sc1CC#N. The zero-order valence-electron chi connectivity index (χ0n) is 12.8. The molecule has 0 aliphatic heterocycles. The van der Waals surface area contributed by atoms with Gasteiger partial charge in [0.05, 0.1) is 29.8 Å². The van der Waals surface area contributed by atoms with Crippen molar-refractivity contribution in [3.63, 3.8) is 0 Å². The third kappa shape index (κ3) is 4.05. The van der Waals surface area contributed by atoms with Crippen LogP contribution in [0.15, 0.2) is 18.2 Å². The minimum absolute atomic E-state index is 0.457. The van der Waals surface area contributed by atoms with E-state index in [-0.39, 0.29) is 0 Å². The highest BCUT2D eigenvalue weighted by atomic mass is 32.1. The number of nitriles is 1. The molecule has 0 aliphatic rings. The number of rotatable bonds is 6. The van der Waals surface area contributed by atoms with E-state index in [9.17, 15) is 0 Å². The Morgan fingerprint density at radius 1 is 1.29 bits per heavy atom. The van der Waals surface area contributed by atoms with Crippen LogP contribution < -0.4 is 4.74 Å². The van der Waals surface area contributed by atoms with E-state index >= 15 is 0 Å². The molecule has 2 aromatic rings. The van der Waals surface area contributed by atoms with Crippen LogP contribution in [0.25, 0.3) is 0 Å². The molecular formula is C17H20N2OS. The normalized spacial score (nSPS) is 10.4. The second-order valence-corrected chi connectivity index (χ2v) is 6.18. The van der Waals surface area contributed by atoms with Gasteiger partial charge in [-0.2, -0.15) is 5.26 Å². The lowest BCUT2D eigenvalue weighted by Crippen LogP contribution is -2.01. The van der Waals surface area contributed by atoms with Gasteiger partial charge in [-0.15, -0.1) is 11.3 Å². The predicted octanol–water partition coefficient (Wildman–Crippen LogP) is 4.01. The van der Waals surface area contributed by atoms with Crippen molar-refractivity contribution in [2.24, 2.45) is 0 Å². The summed E-state index contributed by atoms with van der Waals surface area (Å²) in [6, 6.07) is 8.35. The van der Waals surface area contributed by atoms with Crippen LogP contribution in [0, 0.1) is 25.2 Å². The molecule has 0 radical (unpaired) electrons. The van der Waals surface area contributed by atoms with Gasteiger partial charge in [-0.05, 0) is 43.5 Å². The van der Waals surface area contributed by atoms with Crippen molar-refractivity contribution in [3.05, 3.63) is 44.9 Å². The Kier molecular flexibility index (Phi) is 5.35. The van der Waals surface area contributed by atoms with Crippen molar-refractivity contribution < 1.29 is 4.74 Å².